The average Bonchev–Trinajstić information content (AvgIpc) is 3.21. The lowest BCUT2D eigenvalue weighted by Crippen LogP contribution is -2.52. The third-order valence-electron chi connectivity index (χ3n) is 6.88. The maximum absolute atomic E-state index is 13.0. The van der Waals surface area contributed by atoms with Crippen molar-refractivity contribution in [3.8, 4) is 0 Å². The zero-order valence-electron chi connectivity index (χ0n) is 17.0. The molecule has 1 spiro atoms. The van der Waals surface area contributed by atoms with Gasteiger partial charge in [-0.1, -0.05) is 24.3 Å². The number of piperidine rings is 1. The Morgan fingerprint density at radius 2 is 1.93 bits per heavy atom. The number of carbonyl (C=O) groups excluding carboxylic acids is 1. The molecule has 1 aromatic carbocycles. The van der Waals surface area contributed by atoms with Crippen LogP contribution in [0.3, 0.4) is 0 Å². The van der Waals surface area contributed by atoms with Gasteiger partial charge in [0.1, 0.15) is 0 Å². The molecular weight excluding hydrogens is 364 g/mol. The molecule has 29 heavy (non-hydrogen) atoms. The lowest BCUT2D eigenvalue weighted by atomic mass is 9.79. The highest BCUT2D eigenvalue weighted by Gasteiger charge is 2.41. The van der Waals surface area contributed by atoms with Gasteiger partial charge in [0.05, 0.1) is 24.7 Å². The molecule has 0 bridgehead atoms. The Kier molecular flexibility index (Phi) is 5.14. The van der Waals surface area contributed by atoms with Crippen LogP contribution in [0, 0.1) is 5.92 Å². The van der Waals surface area contributed by atoms with E-state index in [4.69, 9.17) is 4.74 Å². The summed E-state index contributed by atoms with van der Waals surface area (Å²) in [5, 5.41) is 4.34. The van der Waals surface area contributed by atoms with E-state index >= 15 is 0 Å². The van der Waals surface area contributed by atoms with E-state index in [-0.39, 0.29) is 17.4 Å². The number of ether oxygens (including phenoxy) is 1. The van der Waals surface area contributed by atoms with Crippen molar-refractivity contribution in [2.45, 2.75) is 37.8 Å². The van der Waals surface area contributed by atoms with Gasteiger partial charge in [0.15, 0.2) is 0 Å². The van der Waals surface area contributed by atoms with Crippen molar-refractivity contribution >= 4 is 5.91 Å². The van der Waals surface area contributed by atoms with Crippen molar-refractivity contribution in [3.05, 3.63) is 53.9 Å². The topological polar surface area (TPSA) is 50.6 Å². The standard InChI is InChI=1S/C23H30N4O2/c28-22(26-11-4-12-26)20(18-27-13-3-10-24-27)17-25-14-8-23(9-15-25)21-6-2-1-5-19(21)7-16-29-23/h1-3,5-6,10,13,20H,4,7-9,11-12,14-18H2. The molecule has 0 radical (unpaired) electrons. The first-order chi connectivity index (χ1) is 14.2. The summed E-state index contributed by atoms with van der Waals surface area (Å²) >= 11 is 0. The maximum Gasteiger partial charge on any atom is 0.228 e. The Balaban J connectivity index is 1.26. The van der Waals surface area contributed by atoms with Gasteiger partial charge in [-0.05, 0) is 42.9 Å². The molecule has 3 aliphatic rings. The van der Waals surface area contributed by atoms with E-state index in [1.165, 1.54) is 11.1 Å². The van der Waals surface area contributed by atoms with E-state index in [1.54, 1.807) is 6.20 Å². The molecule has 2 saturated heterocycles. The van der Waals surface area contributed by atoms with E-state index in [1.807, 2.05) is 21.8 Å². The molecule has 0 aliphatic carbocycles. The van der Waals surface area contributed by atoms with E-state index < -0.39 is 0 Å². The molecule has 6 nitrogen and oxygen atoms in total. The Labute approximate surface area is 172 Å². The number of hydrogen-bond acceptors (Lipinski definition) is 4. The van der Waals surface area contributed by atoms with Gasteiger partial charge in [-0.3, -0.25) is 9.48 Å². The minimum atomic E-state index is -0.135. The highest BCUT2D eigenvalue weighted by molar-refractivity contribution is 5.79. The predicted octanol–water partition coefficient (Wildman–Crippen LogP) is 2.30. The molecule has 1 aromatic heterocycles. The van der Waals surface area contributed by atoms with Gasteiger partial charge in [0, 0.05) is 45.1 Å². The zero-order valence-corrected chi connectivity index (χ0v) is 17.0. The van der Waals surface area contributed by atoms with Gasteiger partial charge in [-0.25, -0.2) is 0 Å². The lowest BCUT2D eigenvalue weighted by molar-refractivity contribution is -0.141. The summed E-state index contributed by atoms with van der Waals surface area (Å²) in [4.78, 5) is 17.5. The summed E-state index contributed by atoms with van der Waals surface area (Å²) in [5.74, 6) is 0.245. The fourth-order valence-electron chi connectivity index (χ4n) is 5.08. The third-order valence-corrected chi connectivity index (χ3v) is 6.88. The molecule has 4 heterocycles. The number of fused-ring (bicyclic) bond motifs is 2. The van der Waals surface area contributed by atoms with Gasteiger partial charge in [-0.15, -0.1) is 0 Å². The average molecular weight is 395 g/mol. The maximum atomic E-state index is 13.0. The molecule has 154 valence electrons. The van der Waals surface area contributed by atoms with Gasteiger partial charge >= 0.3 is 0 Å². The first-order valence-electron chi connectivity index (χ1n) is 10.9. The van der Waals surface area contributed by atoms with Crippen LogP contribution in [0.4, 0.5) is 0 Å². The number of likely N-dealkylation sites (tertiary alicyclic amines) is 2. The minimum Gasteiger partial charge on any atom is -0.370 e. The molecule has 0 N–H and O–H groups in total. The minimum absolute atomic E-state index is 0.0381. The van der Waals surface area contributed by atoms with Crippen LogP contribution in [0.2, 0.25) is 0 Å². The number of amides is 1. The second-order valence-electron chi connectivity index (χ2n) is 8.65. The fourth-order valence-corrected chi connectivity index (χ4v) is 5.08. The molecular formula is C23H30N4O2. The van der Waals surface area contributed by atoms with E-state index in [0.717, 1.165) is 65.0 Å². The number of aromatic nitrogens is 2. The first kappa shape index (κ1) is 18.8. The molecule has 1 unspecified atom stereocenters. The van der Waals surface area contributed by atoms with Crippen LogP contribution in [-0.2, 0) is 28.1 Å². The summed E-state index contributed by atoms with van der Waals surface area (Å²) < 4.78 is 8.26. The number of nitrogens with zero attached hydrogens (tertiary/aromatic N) is 4. The highest BCUT2D eigenvalue weighted by Crippen LogP contribution is 2.41. The van der Waals surface area contributed by atoms with Crippen molar-refractivity contribution in [1.82, 2.24) is 19.6 Å². The Hall–Kier alpha value is -2.18. The molecule has 1 atom stereocenters. The second kappa shape index (κ2) is 7.92. The smallest absolute Gasteiger partial charge is 0.228 e. The molecule has 3 aliphatic heterocycles. The second-order valence-corrected chi connectivity index (χ2v) is 8.65. The van der Waals surface area contributed by atoms with Crippen LogP contribution in [0.15, 0.2) is 42.7 Å². The van der Waals surface area contributed by atoms with Gasteiger partial charge in [0.2, 0.25) is 5.91 Å². The van der Waals surface area contributed by atoms with Crippen molar-refractivity contribution in [2.24, 2.45) is 5.92 Å². The van der Waals surface area contributed by atoms with Crippen LogP contribution in [-0.4, -0.2) is 64.8 Å². The van der Waals surface area contributed by atoms with E-state index in [9.17, 15) is 4.79 Å². The number of rotatable bonds is 5. The number of carbonyl (C=O) groups is 1. The number of benzene rings is 1. The highest BCUT2D eigenvalue weighted by atomic mass is 16.5. The largest absolute Gasteiger partial charge is 0.370 e. The quantitative estimate of drug-likeness (QED) is 0.781. The van der Waals surface area contributed by atoms with Crippen LogP contribution < -0.4 is 0 Å². The summed E-state index contributed by atoms with van der Waals surface area (Å²) in [6.45, 7) is 6.02. The summed E-state index contributed by atoms with van der Waals surface area (Å²) in [6, 6.07) is 10.7. The predicted molar refractivity (Wildman–Crippen MR) is 110 cm³/mol. The van der Waals surface area contributed by atoms with E-state index in [0.29, 0.717) is 6.54 Å². The van der Waals surface area contributed by atoms with Crippen LogP contribution in [0.1, 0.15) is 30.4 Å². The van der Waals surface area contributed by atoms with Crippen LogP contribution >= 0.6 is 0 Å². The van der Waals surface area contributed by atoms with Crippen molar-refractivity contribution in [1.29, 1.82) is 0 Å². The van der Waals surface area contributed by atoms with Gasteiger partial charge in [-0.2, -0.15) is 5.10 Å². The third kappa shape index (κ3) is 3.71. The molecule has 1 amide bonds. The first-order valence-corrected chi connectivity index (χ1v) is 10.9. The van der Waals surface area contributed by atoms with Gasteiger partial charge in [0.25, 0.3) is 0 Å². The normalized spacial score (nSPS) is 22.1. The van der Waals surface area contributed by atoms with Crippen molar-refractivity contribution in [3.63, 3.8) is 0 Å². The molecule has 6 heteroatoms. The molecule has 2 aromatic rings. The van der Waals surface area contributed by atoms with Gasteiger partial charge < -0.3 is 14.5 Å². The Morgan fingerprint density at radius 3 is 2.66 bits per heavy atom. The van der Waals surface area contributed by atoms with Crippen molar-refractivity contribution in [2.75, 3.05) is 39.3 Å². The monoisotopic (exact) mass is 394 g/mol. The molecule has 5 rings (SSSR count). The zero-order chi connectivity index (χ0) is 19.7. The summed E-state index contributed by atoms with van der Waals surface area (Å²) in [5.41, 5.74) is 2.69. The van der Waals surface area contributed by atoms with E-state index in [2.05, 4.69) is 34.3 Å². The lowest BCUT2D eigenvalue weighted by Gasteiger charge is -2.46. The van der Waals surface area contributed by atoms with Crippen LogP contribution in [0.5, 0.6) is 0 Å². The SMILES string of the molecule is O=C(C(CN1CCC2(CC1)OCCc1ccccc12)Cn1cccn1)N1CCC1. The number of hydrogen-bond donors (Lipinski definition) is 0. The molecule has 2 fully saturated rings. The Morgan fingerprint density at radius 1 is 1.10 bits per heavy atom. The van der Waals surface area contributed by atoms with Crippen LogP contribution in [0.25, 0.3) is 0 Å². The fraction of sp³-hybridized carbons (Fsp3) is 0.565. The molecule has 0 saturated carbocycles. The summed E-state index contributed by atoms with van der Waals surface area (Å²) in [6.07, 6.45) is 7.87. The van der Waals surface area contributed by atoms with Crippen molar-refractivity contribution < 1.29 is 9.53 Å². The Bertz CT molecular complexity index is 838. The summed E-state index contributed by atoms with van der Waals surface area (Å²) in [7, 11) is 0.